The molecule has 2 aromatic carbocycles. The van der Waals surface area contributed by atoms with Crippen molar-refractivity contribution in [1.29, 1.82) is 0 Å². The van der Waals surface area contributed by atoms with Crippen LogP contribution in [0.3, 0.4) is 0 Å². The van der Waals surface area contributed by atoms with E-state index in [9.17, 15) is 24.3 Å². The fourth-order valence-electron chi connectivity index (χ4n) is 8.51. The minimum atomic E-state index is -3.04. The Morgan fingerprint density at radius 1 is 1.08 bits per heavy atom. The maximum absolute atomic E-state index is 14.9. The first-order valence-corrected chi connectivity index (χ1v) is 20.9. The molecule has 5 atom stereocenters. The molecule has 268 valence electrons. The Balaban J connectivity index is 1.36. The van der Waals surface area contributed by atoms with Crippen molar-refractivity contribution in [2.45, 2.75) is 96.3 Å². The average Bonchev–Trinajstić information content (AvgIpc) is 3.70. The molecule has 2 aromatic rings. The molecule has 4 aliphatic rings. The number of aliphatic hydroxyl groups is 1. The Kier molecular flexibility index (Phi) is 10.2. The summed E-state index contributed by atoms with van der Waals surface area (Å²) in [6, 6.07) is 13.2. The lowest BCUT2D eigenvalue weighted by atomic mass is 9.82. The van der Waals surface area contributed by atoms with E-state index in [0.29, 0.717) is 43.0 Å². The van der Waals surface area contributed by atoms with Gasteiger partial charge in [0.2, 0.25) is 5.91 Å². The summed E-state index contributed by atoms with van der Waals surface area (Å²) in [7, 11) is -3.04. The van der Waals surface area contributed by atoms with Crippen molar-refractivity contribution in [1.82, 2.24) is 4.90 Å². The number of rotatable bonds is 10. The second-order valence-corrected chi connectivity index (χ2v) is 19.1. The van der Waals surface area contributed by atoms with Crippen LogP contribution in [-0.4, -0.2) is 79.5 Å². The molecule has 0 unspecified atom stereocenters. The van der Waals surface area contributed by atoms with E-state index in [4.69, 9.17) is 9.47 Å². The third-order valence-corrected chi connectivity index (χ3v) is 13.5. The smallest absolute Gasteiger partial charge is 0.414 e. The molecule has 10 nitrogen and oxygen atoms in total. The average molecular weight is 702 g/mol. The number of hydrogen-bond donors (Lipinski definition) is 2. The molecule has 0 aromatic heterocycles. The SMILES string of the molecule is CC(C)=CCC/C(C)=C/CN1C(=O)[C@@]2(O[C@@H](CC(=O)N3Cc4ccccc4C[C@H]3CO)[C@H]([Si](C)(C)O)[C@H]2C)c2cc(N3CCOC3=O)ccc21. The fourth-order valence-corrected chi connectivity index (χ4v) is 11.1. The van der Waals surface area contributed by atoms with Gasteiger partial charge in [-0.05, 0) is 82.5 Å². The van der Waals surface area contributed by atoms with Gasteiger partial charge in [-0.1, -0.05) is 54.5 Å². The number of anilines is 2. The second kappa shape index (κ2) is 14.1. The van der Waals surface area contributed by atoms with Crippen molar-refractivity contribution >= 4 is 37.6 Å². The fraction of sp³-hybridized carbons (Fsp3) is 0.513. The summed E-state index contributed by atoms with van der Waals surface area (Å²) in [5.41, 5.74) is 4.63. The quantitative estimate of drug-likeness (QED) is 0.237. The van der Waals surface area contributed by atoms with E-state index in [2.05, 4.69) is 32.9 Å². The molecule has 50 heavy (non-hydrogen) atoms. The number of aliphatic hydroxyl groups excluding tert-OH is 1. The van der Waals surface area contributed by atoms with Crippen LogP contribution in [0.25, 0.3) is 0 Å². The number of carbonyl (C=O) groups excluding carboxylic acids is 3. The van der Waals surface area contributed by atoms with Crippen molar-refractivity contribution in [2.24, 2.45) is 5.92 Å². The van der Waals surface area contributed by atoms with E-state index in [1.807, 2.05) is 62.5 Å². The van der Waals surface area contributed by atoms with Crippen molar-refractivity contribution in [3.63, 3.8) is 0 Å². The Hall–Kier alpha value is -3.77. The summed E-state index contributed by atoms with van der Waals surface area (Å²) >= 11 is 0. The Labute approximate surface area is 296 Å². The van der Waals surface area contributed by atoms with Gasteiger partial charge in [-0.25, -0.2) is 4.79 Å². The topological polar surface area (TPSA) is 120 Å². The van der Waals surface area contributed by atoms with Gasteiger partial charge in [0.25, 0.3) is 5.91 Å². The summed E-state index contributed by atoms with van der Waals surface area (Å²) in [6.45, 7) is 13.1. The highest BCUT2D eigenvalue weighted by Gasteiger charge is 2.66. The molecule has 6 rings (SSSR count). The van der Waals surface area contributed by atoms with Crippen LogP contribution in [0.5, 0.6) is 0 Å². The lowest BCUT2D eigenvalue weighted by Crippen LogP contribution is -2.48. The molecule has 11 heteroatoms. The zero-order valence-electron chi connectivity index (χ0n) is 30.1. The van der Waals surface area contributed by atoms with Crippen molar-refractivity contribution < 1.29 is 33.8 Å². The van der Waals surface area contributed by atoms with Crippen LogP contribution in [0.2, 0.25) is 18.6 Å². The van der Waals surface area contributed by atoms with Gasteiger partial charge in [0, 0.05) is 35.8 Å². The van der Waals surface area contributed by atoms with E-state index in [1.54, 1.807) is 14.7 Å². The summed E-state index contributed by atoms with van der Waals surface area (Å²) in [5, 5.41) is 10.3. The first-order valence-electron chi connectivity index (χ1n) is 17.8. The molecule has 0 bridgehead atoms. The molecule has 0 saturated carbocycles. The van der Waals surface area contributed by atoms with Crippen molar-refractivity contribution in [3.8, 4) is 0 Å². The number of ether oxygens (including phenoxy) is 2. The molecule has 0 radical (unpaired) electrons. The lowest BCUT2D eigenvalue weighted by Gasteiger charge is -2.37. The molecule has 2 saturated heterocycles. The third-order valence-electron chi connectivity index (χ3n) is 11.0. The number of cyclic esters (lactones) is 1. The number of allylic oxidation sites excluding steroid dienone is 3. The Morgan fingerprint density at radius 3 is 2.48 bits per heavy atom. The van der Waals surface area contributed by atoms with Gasteiger partial charge < -0.3 is 29.2 Å². The Bertz CT molecular complexity index is 1710. The van der Waals surface area contributed by atoms with Gasteiger partial charge in [0.05, 0.1) is 37.4 Å². The summed E-state index contributed by atoms with van der Waals surface area (Å²) in [6.07, 6.45) is 5.42. The zero-order valence-corrected chi connectivity index (χ0v) is 31.1. The predicted octanol–water partition coefficient (Wildman–Crippen LogP) is 5.82. The second-order valence-electron chi connectivity index (χ2n) is 15.1. The summed E-state index contributed by atoms with van der Waals surface area (Å²) < 4.78 is 12.2. The predicted molar refractivity (Wildman–Crippen MR) is 195 cm³/mol. The maximum atomic E-state index is 14.9. The number of carbonyl (C=O) groups is 3. The molecule has 4 aliphatic heterocycles. The zero-order chi connectivity index (χ0) is 36.0. The molecule has 4 heterocycles. The molecular weight excluding hydrogens is 651 g/mol. The van der Waals surface area contributed by atoms with Gasteiger partial charge in [0.15, 0.2) is 13.9 Å². The highest BCUT2D eigenvalue weighted by Crippen LogP contribution is 2.60. The number of fused-ring (bicyclic) bond motifs is 3. The highest BCUT2D eigenvalue weighted by molar-refractivity contribution is 6.71. The largest absolute Gasteiger partial charge is 0.447 e. The van der Waals surface area contributed by atoms with Gasteiger partial charge in [-0.15, -0.1) is 0 Å². The number of hydrogen-bond acceptors (Lipinski definition) is 7. The molecule has 0 aliphatic carbocycles. The third kappa shape index (κ3) is 6.56. The molecule has 2 fully saturated rings. The first-order chi connectivity index (χ1) is 23.8. The van der Waals surface area contributed by atoms with Gasteiger partial charge in [0.1, 0.15) is 6.61 Å². The number of amides is 3. The number of benzene rings is 2. The van der Waals surface area contributed by atoms with Crippen LogP contribution < -0.4 is 9.80 Å². The molecule has 1 spiro atoms. The maximum Gasteiger partial charge on any atom is 0.414 e. The minimum Gasteiger partial charge on any atom is -0.447 e. The van der Waals surface area contributed by atoms with Crippen LogP contribution in [0.1, 0.15) is 63.6 Å². The van der Waals surface area contributed by atoms with E-state index in [-0.39, 0.29) is 37.5 Å². The standard InChI is InChI=1S/C39H51N3O7Si/c1-25(2)10-9-11-26(3)16-17-41-33-15-14-30(40-18-19-48-38(40)46)21-32(33)39(37(41)45)27(4)36(50(5,6)47)34(49-39)22-35(44)42-23-29-13-8-7-12-28(29)20-31(42)24-43/h7-8,10,12-16,21,27,31,34,36,43,47H,9,11,17-20,22-24H2,1-6H3/b26-16+/t27-,31+,34+,36-,39+/m1/s1. The van der Waals surface area contributed by atoms with Crippen LogP contribution in [0.4, 0.5) is 16.2 Å². The monoisotopic (exact) mass is 701 g/mol. The normalized spacial score (nSPS) is 26.4. The molecule has 2 N–H and O–H groups in total. The summed E-state index contributed by atoms with van der Waals surface area (Å²) in [5.74, 6) is -0.877. The number of nitrogens with zero attached hydrogens (tertiary/aromatic N) is 3. The highest BCUT2D eigenvalue weighted by atomic mass is 28.4. The van der Waals surface area contributed by atoms with Gasteiger partial charge in [-0.3, -0.25) is 14.5 Å². The van der Waals surface area contributed by atoms with E-state index >= 15 is 0 Å². The Morgan fingerprint density at radius 2 is 1.82 bits per heavy atom. The van der Waals surface area contributed by atoms with Crippen molar-refractivity contribution in [2.75, 3.05) is 36.1 Å². The van der Waals surface area contributed by atoms with Crippen LogP contribution in [0, 0.1) is 5.92 Å². The van der Waals surface area contributed by atoms with Crippen molar-refractivity contribution in [3.05, 3.63) is 82.5 Å². The van der Waals surface area contributed by atoms with Crippen LogP contribution in [0.15, 0.2) is 65.8 Å². The minimum absolute atomic E-state index is 0.0312. The van der Waals surface area contributed by atoms with Crippen LogP contribution in [-0.2, 0) is 37.6 Å². The molecular formula is C39H51N3O7Si. The first kappa shape index (κ1) is 36.0. The van der Waals surface area contributed by atoms with Crippen LogP contribution >= 0.6 is 0 Å². The van der Waals surface area contributed by atoms with Gasteiger partial charge in [-0.2, -0.15) is 0 Å². The van der Waals surface area contributed by atoms with E-state index < -0.39 is 37.6 Å². The van der Waals surface area contributed by atoms with E-state index in [1.165, 1.54) is 11.1 Å². The molecule has 3 amide bonds. The van der Waals surface area contributed by atoms with Gasteiger partial charge >= 0.3 is 6.09 Å². The van der Waals surface area contributed by atoms with E-state index in [0.717, 1.165) is 24.0 Å². The lowest BCUT2D eigenvalue weighted by molar-refractivity contribution is -0.150. The summed E-state index contributed by atoms with van der Waals surface area (Å²) in [4.78, 5) is 58.5.